The molecule has 1 aromatic rings. The minimum absolute atomic E-state index is 0.130. The maximum atomic E-state index is 6.22. The van der Waals surface area contributed by atoms with Gasteiger partial charge in [-0.1, -0.05) is 69.5 Å². The summed E-state index contributed by atoms with van der Waals surface area (Å²) in [7, 11) is 0. The minimum atomic E-state index is 0.130. The molecule has 0 heterocycles. The van der Waals surface area contributed by atoms with E-state index >= 15 is 0 Å². The fourth-order valence-electron chi connectivity index (χ4n) is 2.23. The second-order valence-corrected chi connectivity index (χ2v) is 6.76. The zero-order valence-electron chi connectivity index (χ0n) is 11.8. The predicted octanol–water partition coefficient (Wildman–Crippen LogP) is 6.09. The Labute approximate surface area is 136 Å². The van der Waals surface area contributed by atoms with E-state index in [9.17, 15) is 0 Å². The third kappa shape index (κ3) is 6.96. The molecule has 0 aliphatic heterocycles. The molecule has 108 valence electrons. The van der Waals surface area contributed by atoms with Crippen molar-refractivity contribution in [1.82, 2.24) is 0 Å². The lowest BCUT2D eigenvalue weighted by Crippen LogP contribution is -2.10. The smallest absolute Gasteiger partial charge is 0.0542 e. The van der Waals surface area contributed by atoms with Crippen molar-refractivity contribution in [3.05, 3.63) is 32.4 Å². The molecule has 0 amide bonds. The van der Waals surface area contributed by atoms with Gasteiger partial charge in [-0.05, 0) is 46.7 Å². The number of rotatable bonds is 9. The summed E-state index contributed by atoms with van der Waals surface area (Å²) < 4.78 is 1.09. The highest BCUT2D eigenvalue weighted by Crippen LogP contribution is 2.24. The lowest BCUT2D eigenvalue weighted by molar-refractivity contribution is 0.541. The molecule has 1 unspecified atom stereocenters. The van der Waals surface area contributed by atoms with Crippen molar-refractivity contribution in [3.8, 4) is 0 Å². The van der Waals surface area contributed by atoms with Gasteiger partial charge in [0, 0.05) is 9.61 Å². The molecule has 0 bridgehead atoms. The van der Waals surface area contributed by atoms with Crippen LogP contribution in [-0.4, -0.2) is 0 Å². The molecule has 1 aromatic carbocycles. The Morgan fingerprint density at radius 2 is 1.74 bits per heavy atom. The van der Waals surface area contributed by atoms with Gasteiger partial charge in [0.25, 0.3) is 0 Å². The second-order valence-electron chi connectivity index (χ2n) is 5.19. The molecule has 0 spiro atoms. The molecular formula is C16H25ClIN. The Morgan fingerprint density at radius 1 is 1.11 bits per heavy atom. The van der Waals surface area contributed by atoms with Crippen LogP contribution in [0.2, 0.25) is 5.02 Å². The summed E-state index contributed by atoms with van der Waals surface area (Å²) >= 11 is 8.37. The first-order valence-corrected chi connectivity index (χ1v) is 8.81. The second kappa shape index (κ2) is 10.0. The fourth-order valence-corrected chi connectivity index (χ4v) is 2.76. The van der Waals surface area contributed by atoms with Gasteiger partial charge in [-0.3, -0.25) is 0 Å². The van der Waals surface area contributed by atoms with Crippen LogP contribution in [0.15, 0.2) is 18.2 Å². The molecule has 1 atom stereocenters. The summed E-state index contributed by atoms with van der Waals surface area (Å²) in [6.07, 6.45) is 10.4. The van der Waals surface area contributed by atoms with Crippen LogP contribution in [0.1, 0.15) is 69.9 Å². The minimum Gasteiger partial charge on any atom is -0.324 e. The Hall–Kier alpha value is 0.200. The van der Waals surface area contributed by atoms with E-state index in [0.29, 0.717) is 0 Å². The van der Waals surface area contributed by atoms with E-state index in [0.717, 1.165) is 20.6 Å². The number of nitrogens with two attached hydrogens (primary N) is 1. The molecule has 2 N–H and O–H groups in total. The van der Waals surface area contributed by atoms with Gasteiger partial charge in [-0.2, -0.15) is 0 Å². The van der Waals surface area contributed by atoms with Crippen LogP contribution < -0.4 is 5.73 Å². The number of unbranched alkanes of at least 4 members (excludes halogenated alkanes) is 6. The standard InChI is InChI=1S/C16H25ClIN/c1-2-3-4-5-6-7-8-9-16(19)13-10-11-15(18)14(17)12-13/h10-12,16H,2-9,19H2,1H3. The third-order valence-electron chi connectivity index (χ3n) is 3.49. The van der Waals surface area contributed by atoms with Gasteiger partial charge in [0.05, 0.1) is 5.02 Å². The molecule has 0 fully saturated rings. The largest absolute Gasteiger partial charge is 0.324 e. The monoisotopic (exact) mass is 393 g/mol. The van der Waals surface area contributed by atoms with Crippen molar-refractivity contribution in [2.75, 3.05) is 0 Å². The van der Waals surface area contributed by atoms with E-state index in [1.54, 1.807) is 0 Å². The Balaban J connectivity index is 2.20. The SMILES string of the molecule is CCCCCCCCCC(N)c1ccc(I)c(Cl)c1. The van der Waals surface area contributed by atoms with Gasteiger partial charge in [0.1, 0.15) is 0 Å². The predicted molar refractivity (Wildman–Crippen MR) is 93.7 cm³/mol. The Morgan fingerprint density at radius 3 is 2.37 bits per heavy atom. The van der Waals surface area contributed by atoms with Crippen LogP contribution in [0.25, 0.3) is 0 Å². The molecule has 19 heavy (non-hydrogen) atoms. The Bertz CT molecular complexity index is 368. The maximum Gasteiger partial charge on any atom is 0.0542 e. The lowest BCUT2D eigenvalue weighted by Gasteiger charge is -2.12. The molecule has 0 saturated heterocycles. The third-order valence-corrected chi connectivity index (χ3v) is 5.06. The van der Waals surface area contributed by atoms with Crippen molar-refractivity contribution in [3.63, 3.8) is 0 Å². The van der Waals surface area contributed by atoms with Crippen molar-refractivity contribution in [2.45, 2.75) is 64.3 Å². The van der Waals surface area contributed by atoms with Crippen molar-refractivity contribution >= 4 is 34.2 Å². The summed E-state index contributed by atoms with van der Waals surface area (Å²) in [4.78, 5) is 0. The van der Waals surface area contributed by atoms with Gasteiger partial charge in [0.15, 0.2) is 0 Å². The van der Waals surface area contributed by atoms with Gasteiger partial charge < -0.3 is 5.73 Å². The maximum absolute atomic E-state index is 6.22. The number of hydrogen-bond acceptors (Lipinski definition) is 1. The highest BCUT2D eigenvalue weighted by molar-refractivity contribution is 14.1. The molecule has 3 heteroatoms. The first kappa shape index (κ1) is 17.3. The molecule has 0 aliphatic carbocycles. The summed E-state index contributed by atoms with van der Waals surface area (Å²) in [6, 6.07) is 6.28. The van der Waals surface area contributed by atoms with Gasteiger partial charge in [-0.25, -0.2) is 0 Å². The topological polar surface area (TPSA) is 26.0 Å². The van der Waals surface area contributed by atoms with Gasteiger partial charge in [-0.15, -0.1) is 0 Å². The van der Waals surface area contributed by atoms with E-state index in [4.69, 9.17) is 17.3 Å². The van der Waals surface area contributed by atoms with E-state index in [-0.39, 0.29) is 6.04 Å². The lowest BCUT2D eigenvalue weighted by atomic mass is 10.0. The fraction of sp³-hybridized carbons (Fsp3) is 0.625. The molecule has 0 radical (unpaired) electrons. The Kier molecular flexibility index (Phi) is 9.08. The first-order chi connectivity index (χ1) is 9.15. The number of hydrogen-bond donors (Lipinski definition) is 1. The van der Waals surface area contributed by atoms with Crippen molar-refractivity contribution in [1.29, 1.82) is 0 Å². The zero-order valence-corrected chi connectivity index (χ0v) is 14.7. The van der Waals surface area contributed by atoms with Crippen LogP contribution in [0.4, 0.5) is 0 Å². The molecule has 0 saturated carbocycles. The van der Waals surface area contributed by atoms with Crippen LogP contribution >= 0.6 is 34.2 Å². The highest BCUT2D eigenvalue weighted by Gasteiger charge is 2.07. The number of benzene rings is 1. The van der Waals surface area contributed by atoms with Crippen LogP contribution in [-0.2, 0) is 0 Å². The molecular weight excluding hydrogens is 369 g/mol. The average molecular weight is 394 g/mol. The average Bonchev–Trinajstić information content (AvgIpc) is 2.40. The van der Waals surface area contributed by atoms with Gasteiger partial charge in [0.2, 0.25) is 0 Å². The molecule has 1 rings (SSSR count). The summed E-state index contributed by atoms with van der Waals surface area (Å²) in [5.41, 5.74) is 7.38. The van der Waals surface area contributed by atoms with Crippen LogP contribution in [0.3, 0.4) is 0 Å². The highest BCUT2D eigenvalue weighted by atomic mass is 127. The van der Waals surface area contributed by atoms with Crippen molar-refractivity contribution < 1.29 is 0 Å². The quantitative estimate of drug-likeness (QED) is 0.399. The molecule has 0 aromatic heterocycles. The first-order valence-electron chi connectivity index (χ1n) is 7.35. The van der Waals surface area contributed by atoms with E-state index in [2.05, 4.69) is 35.6 Å². The van der Waals surface area contributed by atoms with Gasteiger partial charge >= 0.3 is 0 Å². The van der Waals surface area contributed by atoms with E-state index in [1.165, 1.54) is 44.9 Å². The van der Waals surface area contributed by atoms with E-state index < -0.39 is 0 Å². The zero-order chi connectivity index (χ0) is 14.1. The van der Waals surface area contributed by atoms with E-state index in [1.807, 2.05) is 12.1 Å². The normalized spacial score (nSPS) is 12.6. The summed E-state index contributed by atoms with van der Waals surface area (Å²) in [6.45, 7) is 2.26. The van der Waals surface area contributed by atoms with Crippen LogP contribution in [0, 0.1) is 3.57 Å². The summed E-state index contributed by atoms with van der Waals surface area (Å²) in [5, 5.41) is 0.813. The number of halogens is 2. The molecule has 1 nitrogen and oxygen atoms in total. The van der Waals surface area contributed by atoms with Crippen LogP contribution in [0.5, 0.6) is 0 Å². The van der Waals surface area contributed by atoms with Crippen molar-refractivity contribution in [2.24, 2.45) is 5.73 Å². The molecule has 0 aliphatic rings. The summed E-state index contributed by atoms with van der Waals surface area (Å²) in [5.74, 6) is 0.